The summed E-state index contributed by atoms with van der Waals surface area (Å²) in [5, 5.41) is 33.6. The minimum absolute atomic E-state index is 0.307. The summed E-state index contributed by atoms with van der Waals surface area (Å²) in [5.41, 5.74) is 0. The number of hydrogen-bond donors (Lipinski definition) is 4. The van der Waals surface area contributed by atoms with Gasteiger partial charge < -0.3 is 20.6 Å². The fraction of sp³-hybridized carbons (Fsp3) is 0.984. The van der Waals surface area contributed by atoms with Gasteiger partial charge in [0.2, 0.25) is 5.91 Å². The van der Waals surface area contributed by atoms with Crippen LogP contribution in [0.2, 0.25) is 0 Å². The fourth-order valence-electron chi connectivity index (χ4n) is 10.2. The van der Waals surface area contributed by atoms with Crippen LogP contribution in [0.25, 0.3) is 0 Å². The Balaban J connectivity index is 3.42. The van der Waals surface area contributed by atoms with E-state index in [1.165, 1.54) is 302 Å². The third-order valence-electron chi connectivity index (χ3n) is 15.0. The Hall–Kier alpha value is -0.650. The van der Waals surface area contributed by atoms with Crippen molar-refractivity contribution in [3.05, 3.63) is 0 Å². The number of carbonyl (C=O) groups excluding carboxylic acids is 1. The number of rotatable bonds is 58. The molecule has 3 atom stereocenters. The van der Waals surface area contributed by atoms with E-state index in [0.29, 0.717) is 12.8 Å². The second-order valence-electron chi connectivity index (χ2n) is 21.6. The van der Waals surface area contributed by atoms with Crippen molar-refractivity contribution in [2.24, 2.45) is 0 Å². The molecule has 0 saturated heterocycles. The quantitative estimate of drug-likeness (QED) is 0.0458. The maximum atomic E-state index is 12.6. The van der Waals surface area contributed by atoms with Gasteiger partial charge in [-0.3, -0.25) is 4.79 Å². The van der Waals surface area contributed by atoms with E-state index in [0.717, 1.165) is 32.1 Å². The Kier molecular flexibility index (Phi) is 56.4. The van der Waals surface area contributed by atoms with Gasteiger partial charge in [0.25, 0.3) is 0 Å². The van der Waals surface area contributed by atoms with Crippen molar-refractivity contribution in [3.8, 4) is 0 Å². The van der Waals surface area contributed by atoms with Crippen LogP contribution in [0.1, 0.15) is 361 Å². The highest BCUT2D eigenvalue weighted by molar-refractivity contribution is 5.80. The van der Waals surface area contributed by atoms with Gasteiger partial charge in [0.05, 0.1) is 18.8 Å². The average molecular weight is 935 g/mol. The van der Waals surface area contributed by atoms with Crippen molar-refractivity contribution < 1.29 is 20.1 Å². The lowest BCUT2D eigenvalue weighted by atomic mass is 10.0. The Morgan fingerprint density at radius 3 is 0.682 bits per heavy atom. The zero-order chi connectivity index (χ0) is 47.9. The summed E-state index contributed by atoms with van der Waals surface area (Å²) in [6.07, 6.45) is 70.4. The molecule has 0 aliphatic rings. The monoisotopic (exact) mass is 934 g/mol. The molecule has 396 valence electrons. The van der Waals surface area contributed by atoms with Crippen LogP contribution in [0.5, 0.6) is 0 Å². The van der Waals surface area contributed by atoms with Crippen LogP contribution in [0, 0.1) is 0 Å². The molecule has 0 fully saturated rings. The molecule has 0 bridgehead atoms. The average Bonchev–Trinajstić information content (AvgIpc) is 3.32. The number of aliphatic hydroxyl groups excluding tert-OH is 3. The van der Waals surface area contributed by atoms with Gasteiger partial charge in [0, 0.05) is 0 Å². The van der Waals surface area contributed by atoms with Crippen LogP contribution in [-0.2, 0) is 4.79 Å². The molecule has 66 heavy (non-hydrogen) atoms. The molecule has 0 aromatic rings. The van der Waals surface area contributed by atoms with Crippen molar-refractivity contribution in [2.45, 2.75) is 379 Å². The zero-order valence-electron chi connectivity index (χ0n) is 45.4. The van der Waals surface area contributed by atoms with Gasteiger partial charge in [-0.05, 0) is 12.8 Å². The Morgan fingerprint density at radius 1 is 0.303 bits per heavy atom. The molecular formula is C61H123NO4. The first kappa shape index (κ1) is 65.3. The number of nitrogens with one attached hydrogen (secondary N) is 1. The lowest BCUT2D eigenvalue weighted by molar-refractivity contribution is -0.131. The molecular weight excluding hydrogens is 811 g/mol. The number of hydrogen-bond acceptors (Lipinski definition) is 4. The van der Waals surface area contributed by atoms with E-state index < -0.39 is 24.2 Å². The van der Waals surface area contributed by atoms with E-state index in [4.69, 9.17) is 0 Å². The summed E-state index contributed by atoms with van der Waals surface area (Å²) in [6.45, 7) is 4.28. The number of unbranched alkanes of at least 4 members (excludes halogenated alkanes) is 50. The van der Waals surface area contributed by atoms with Crippen LogP contribution in [-0.4, -0.2) is 46.1 Å². The lowest BCUT2D eigenvalue weighted by Crippen LogP contribution is -2.49. The molecule has 0 aromatic heterocycles. The van der Waals surface area contributed by atoms with Crippen LogP contribution >= 0.6 is 0 Å². The fourth-order valence-corrected chi connectivity index (χ4v) is 10.2. The summed E-state index contributed by atoms with van der Waals surface area (Å²) in [5.74, 6) is -0.461. The van der Waals surface area contributed by atoms with Crippen molar-refractivity contribution in [1.82, 2.24) is 5.32 Å². The summed E-state index contributed by atoms with van der Waals surface area (Å²) < 4.78 is 0. The Labute approximate surface area is 415 Å². The molecule has 0 aliphatic heterocycles. The van der Waals surface area contributed by atoms with Crippen molar-refractivity contribution in [3.63, 3.8) is 0 Å². The van der Waals surface area contributed by atoms with Crippen molar-refractivity contribution >= 4 is 5.91 Å². The molecule has 5 heteroatoms. The van der Waals surface area contributed by atoms with Gasteiger partial charge in [-0.15, -0.1) is 0 Å². The lowest BCUT2D eigenvalue weighted by Gasteiger charge is -2.23. The minimum atomic E-state index is -1.07. The number of amides is 1. The van der Waals surface area contributed by atoms with E-state index in [2.05, 4.69) is 19.2 Å². The van der Waals surface area contributed by atoms with E-state index in [1.54, 1.807) is 0 Å². The summed E-state index contributed by atoms with van der Waals surface area (Å²) in [4.78, 5) is 12.6. The highest BCUT2D eigenvalue weighted by Crippen LogP contribution is 2.19. The maximum Gasteiger partial charge on any atom is 0.249 e. The molecule has 0 rings (SSSR count). The molecule has 0 aliphatic carbocycles. The molecule has 0 aromatic carbocycles. The van der Waals surface area contributed by atoms with Crippen LogP contribution in [0.15, 0.2) is 0 Å². The van der Waals surface area contributed by atoms with Gasteiger partial charge in [0.1, 0.15) is 6.10 Å². The topological polar surface area (TPSA) is 89.8 Å². The number of carbonyl (C=O) groups is 1. The van der Waals surface area contributed by atoms with E-state index in [-0.39, 0.29) is 6.61 Å². The van der Waals surface area contributed by atoms with Gasteiger partial charge in [-0.2, -0.15) is 0 Å². The van der Waals surface area contributed by atoms with E-state index in [1.807, 2.05) is 0 Å². The highest BCUT2D eigenvalue weighted by Gasteiger charge is 2.23. The molecule has 0 radical (unpaired) electrons. The predicted molar refractivity (Wildman–Crippen MR) is 292 cm³/mol. The number of aliphatic hydroxyl groups is 3. The Bertz CT molecular complexity index is 898. The molecule has 4 N–H and O–H groups in total. The van der Waals surface area contributed by atoms with Crippen molar-refractivity contribution in [2.75, 3.05) is 6.61 Å². The van der Waals surface area contributed by atoms with Crippen molar-refractivity contribution in [1.29, 1.82) is 0 Å². The largest absolute Gasteiger partial charge is 0.394 e. The molecule has 0 saturated carbocycles. The molecule has 3 unspecified atom stereocenters. The third kappa shape index (κ3) is 51.2. The van der Waals surface area contributed by atoms with Gasteiger partial charge in [0.15, 0.2) is 0 Å². The first-order chi connectivity index (χ1) is 32.6. The van der Waals surface area contributed by atoms with Crippen LogP contribution < -0.4 is 5.32 Å². The van der Waals surface area contributed by atoms with E-state index >= 15 is 0 Å². The SMILES string of the molecule is CCCCCCCCCCCCCCCCCCCCCCCCCCCCCCCCCCCCC(O)C(=O)NC(CO)C(O)CCCCCCCCCCCCCCCCCCCC. The van der Waals surface area contributed by atoms with Gasteiger partial charge >= 0.3 is 0 Å². The molecule has 1 amide bonds. The van der Waals surface area contributed by atoms with E-state index in [9.17, 15) is 20.1 Å². The second-order valence-corrected chi connectivity index (χ2v) is 21.6. The maximum absolute atomic E-state index is 12.6. The summed E-state index contributed by atoms with van der Waals surface area (Å²) in [6, 6.07) is -0.707. The first-order valence-corrected chi connectivity index (χ1v) is 30.8. The zero-order valence-corrected chi connectivity index (χ0v) is 45.4. The highest BCUT2D eigenvalue weighted by atomic mass is 16.3. The summed E-state index contributed by atoms with van der Waals surface area (Å²) >= 11 is 0. The smallest absolute Gasteiger partial charge is 0.249 e. The summed E-state index contributed by atoms with van der Waals surface area (Å²) in [7, 11) is 0. The minimum Gasteiger partial charge on any atom is -0.394 e. The Morgan fingerprint density at radius 2 is 0.485 bits per heavy atom. The molecule has 5 nitrogen and oxygen atoms in total. The molecule has 0 spiro atoms. The first-order valence-electron chi connectivity index (χ1n) is 30.8. The second kappa shape index (κ2) is 56.9. The molecule has 0 heterocycles. The van der Waals surface area contributed by atoms with Gasteiger partial charge in [-0.1, -0.05) is 348 Å². The van der Waals surface area contributed by atoms with Gasteiger partial charge in [-0.25, -0.2) is 0 Å². The predicted octanol–water partition coefficient (Wildman–Crippen LogP) is 19.3. The standard InChI is InChI=1S/C61H123NO4/c1-3-5-7-9-11-13-15-17-19-21-23-24-25-26-27-28-29-30-31-32-33-34-35-36-37-38-40-42-44-46-48-50-52-54-56-60(65)61(66)62-58(57-63)59(64)55-53-51-49-47-45-43-41-39-22-20-18-16-14-12-10-8-6-4-2/h58-60,63-65H,3-57H2,1-2H3,(H,62,66). The normalized spacial score (nSPS) is 13.1. The van der Waals surface area contributed by atoms with Crippen LogP contribution in [0.3, 0.4) is 0 Å². The van der Waals surface area contributed by atoms with Crippen LogP contribution in [0.4, 0.5) is 0 Å². The third-order valence-corrected chi connectivity index (χ3v) is 15.0.